The smallest absolute Gasteiger partial charge is 0.208 e. The van der Waals surface area contributed by atoms with Crippen LogP contribution in [0.5, 0.6) is 11.5 Å². The molecule has 9 nitrogen and oxygen atoms in total. The number of nitrogens with one attached hydrogen (secondary N) is 1. The van der Waals surface area contributed by atoms with Crippen molar-refractivity contribution in [1.29, 1.82) is 0 Å². The third kappa shape index (κ3) is 6.15. The van der Waals surface area contributed by atoms with Crippen molar-refractivity contribution in [3.05, 3.63) is 42.1 Å². The molecule has 0 amide bonds. The topological polar surface area (TPSA) is 101 Å². The SMILES string of the molecule is COCCCSc1cnc(Nc2nc(C3COC4(CCCCC4)O3)ns2)c(Oc2cccnc2C)c1. The maximum absolute atomic E-state index is 6.30. The molecule has 1 saturated carbocycles. The molecule has 0 bridgehead atoms. The van der Waals surface area contributed by atoms with Gasteiger partial charge in [0.25, 0.3) is 0 Å². The molecule has 0 radical (unpaired) electrons. The van der Waals surface area contributed by atoms with Crippen LogP contribution in [-0.2, 0) is 14.2 Å². The normalized spacial score (nSPS) is 19.0. The van der Waals surface area contributed by atoms with E-state index in [2.05, 4.69) is 24.6 Å². The maximum Gasteiger partial charge on any atom is 0.208 e. The van der Waals surface area contributed by atoms with Crippen LogP contribution in [0.2, 0.25) is 0 Å². The molecule has 1 unspecified atom stereocenters. The fraction of sp³-hybridized carbons (Fsp3) is 0.520. The van der Waals surface area contributed by atoms with Crippen molar-refractivity contribution in [2.24, 2.45) is 0 Å². The third-order valence-corrected chi connectivity index (χ3v) is 7.89. The highest BCUT2D eigenvalue weighted by molar-refractivity contribution is 7.99. The molecule has 1 spiro atoms. The minimum Gasteiger partial charge on any atom is -0.452 e. The first-order chi connectivity index (χ1) is 17.6. The van der Waals surface area contributed by atoms with Crippen LogP contribution in [0.3, 0.4) is 0 Å². The summed E-state index contributed by atoms with van der Waals surface area (Å²) in [7, 11) is 1.72. The van der Waals surface area contributed by atoms with E-state index in [1.54, 1.807) is 25.1 Å². The fourth-order valence-corrected chi connectivity index (χ4v) is 5.75. The zero-order valence-corrected chi connectivity index (χ0v) is 22.2. The van der Waals surface area contributed by atoms with E-state index >= 15 is 0 Å². The van der Waals surface area contributed by atoms with Crippen LogP contribution >= 0.6 is 23.3 Å². The predicted octanol–water partition coefficient (Wildman–Crippen LogP) is 6.05. The molecule has 192 valence electrons. The van der Waals surface area contributed by atoms with E-state index in [1.807, 2.05) is 31.3 Å². The number of hydrogen-bond acceptors (Lipinski definition) is 11. The van der Waals surface area contributed by atoms with Gasteiger partial charge < -0.3 is 24.3 Å². The molecule has 3 aromatic heterocycles. The van der Waals surface area contributed by atoms with Gasteiger partial charge >= 0.3 is 0 Å². The number of aromatic nitrogens is 4. The van der Waals surface area contributed by atoms with Gasteiger partial charge in [0.1, 0.15) is 11.9 Å². The Morgan fingerprint density at radius 2 is 2.11 bits per heavy atom. The second kappa shape index (κ2) is 11.8. The average molecular weight is 530 g/mol. The molecule has 0 aromatic carbocycles. The lowest BCUT2D eigenvalue weighted by molar-refractivity contribution is -0.188. The summed E-state index contributed by atoms with van der Waals surface area (Å²) in [6, 6.07) is 5.74. The summed E-state index contributed by atoms with van der Waals surface area (Å²) in [5.41, 5.74) is 0.801. The fourth-order valence-electron chi connectivity index (χ4n) is 4.32. The van der Waals surface area contributed by atoms with Gasteiger partial charge in [-0.2, -0.15) is 4.37 Å². The number of pyridine rings is 2. The second-order valence-electron chi connectivity index (χ2n) is 8.87. The number of thioether (sulfide) groups is 1. The molecule has 36 heavy (non-hydrogen) atoms. The average Bonchev–Trinajstić information content (AvgIpc) is 3.52. The highest BCUT2D eigenvalue weighted by Gasteiger charge is 2.44. The third-order valence-electron chi connectivity index (χ3n) is 6.19. The summed E-state index contributed by atoms with van der Waals surface area (Å²) in [6.45, 7) is 3.13. The lowest BCUT2D eigenvalue weighted by Gasteiger charge is -2.31. The highest BCUT2D eigenvalue weighted by atomic mass is 32.2. The molecule has 3 aromatic rings. The maximum atomic E-state index is 6.30. The second-order valence-corrected chi connectivity index (χ2v) is 10.8. The van der Waals surface area contributed by atoms with Crippen molar-refractivity contribution in [3.8, 4) is 11.5 Å². The van der Waals surface area contributed by atoms with Crippen molar-refractivity contribution >= 4 is 34.2 Å². The van der Waals surface area contributed by atoms with Gasteiger partial charge in [-0.15, -0.1) is 11.8 Å². The van der Waals surface area contributed by atoms with E-state index in [4.69, 9.17) is 18.9 Å². The van der Waals surface area contributed by atoms with Gasteiger partial charge in [0.05, 0.1) is 12.3 Å². The lowest BCUT2D eigenvalue weighted by Crippen LogP contribution is -2.32. The minimum absolute atomic E-state index is 0.248. The molecule has 1 aliphatic carbocycles. The van der Waals surface area contributed by atoms with Crippen molar-refractivity contribution in [2.75, 3.05) is 31.4 Å². The molecular formula is C25H31N5O4S2. The molecule has 1 N–H and O–H groups in total. The Morgan fingerprint density at radius 1 is 1.22 bits per heavy atom. The molecule has 4 heterocycles. The van der Waals surface area contributed by atoms with Gasteiger partial charge in [-0.1, -0.05) is 6.42 Å². The first-order valence-corrected chi connectivity index (χ1v) is 14.0. The van der Waals surface area contributed by atoms with E-state index in [0.29, 0.717) is 34.9 Å². The minimum atomic E-state index is -0.456. The number of anilines is 2. The highest BCUT2D eigenvalue weighted by Crippen LogP contribution is 2.42. The summed E-state index contributed by atoms with van der Waals surface area (Å²) in [5, 5.41) is 3.92. The van der Waals surface area contributed by atoms with Crippen LogP contribution in [0, 0.1) is 6.92 Å². The van der Waals surface area contributed by atoms with E-state index in [1.165, 1.54) is 18.0 Å². The summed E-state index contributed by atoms with van der Waals surface area (Å²) < 4.78 is 28.3. The first kappa shape index (κ1) is 25.3. The van der Waals surface area contributed by atoms with Crippen LogP contribution in [0.25, 0.3) is 0 Å². The Balaban J connectivity index is 1.31. The van der Waals surface area contributed by atoms with Gasteiger partial charge in [-0.25, -0.2) is 9.97 Å². The number of ether oxygens (including phenoxy) is 4. The quantitative estimate of drug-likeness (QED) is 0.247. The van der Waals surface area contributed by atoms with Crippen LogP contribution in [0.1, 0.15) is 56.1 Å². The van der Waals surface area contributed by atoms with Crippen LogP contribution in [-0.4, -0.2) is 51.2 Å². The van der Waals surface area contributed by atoms with E-state index < -0.39 is 5.79 Å². The number of methoxy groups -OCH3 is 1. The number of aryl methyl sites for hydroxylation is 1. The van der Waals surface area contributed by atoms with Gasteiger partial charge in [0, 0.05) is 61.1 Å². The number of hydrogen-bond donors (Lipinski definition) is 1. The molecule has 2 fully saturated rings. The summed E-state index contributed by atoms with van der Waals surface area (Å²) in [6.07, 6.45) is 9.68. The molecule has 5 rings (SSSR count). The van der Waals surface area contributed by atoms with Gasteiger partial charge in [-0.3, -0.25) is 4.98 Å². The lowest BCUT2D eigenvalue weighted by atomic mass is 9.94. The summed E-state index contributed by atoms with van der Waals surface area (Å²) in [4.78, 5) is 14.7. The van der Waals surface area contributed by atoms with Crippen molar-refractivity contribution < 1.29 is 18.9 Å². The van der Waals surface area contributed by atoms with Crippen molar-refractivity contribution in [1.82, 2.24) is 19.3 Å². The Hall–Kier alpha value is -2.31. The largest absolute Gasteiger partial charge is 0.452 e. The summed E-state index contributed by atoms with van der Waals surface area (Å²) in [5.74, 6) is 2.95. The van der Waals surface area contributed by atoms with Crippen molar-refractivity contribution in [2.45, 2.75) is 62.2 Å². The summed E-state index contributed by atoms with van der Waals surface area (Å²) >= 11 is 2.99. The van der Waals surface area contributed by atoms with Crippen LogP contribution < -0.4 is 10.1 Å². The standard InChI is InChI=1S/C25H31N5O4S2/c1-17-19(8-6-11-26-17)33-20-14-18(35-13-7-12-31-2)15-27-22(20)28-24-29-23(30-36-24)21-16-32-25(34-21)9-4-3-5-10-25/h6,8,11,14-15,21H,3-5,7,9-10,12-13,16H2,1-2H3,(H,27,28,29,30). The predicted molar refractivity (Wildman–Crippen MR) is 139 cm³/mol. The molecular weight excluding hydrogens is 498 g/mol. The molecule has 1 aliphatic heterocycles. The molecule has 11 heteroatoms. The Kier molecular flexibility index (Phi) is 8.32. The van der Waals surface area contributed by atoms with E-state index in [-0.39, 0.29) is 6.10 Å². The van der Waals surface area contributed by atoms with Crippen LogP contribution in [0.4, 0.5) is 10.9 Å². The Labute approximate surface area is 219 Å². The number of rotatable bonds is 10. The van der Waals surface area contributed by atoms with Crippen molar-refractivity contribution in [3.63, 3.8) is 0 Å². The Bertz CT molecular complexity index is 1150. The zero-order valence-electron chi connectivity index (χ0n) is 20.6. The van der Waals surface area contributed by atoms with Gasteiger partial charge in [0.15, 0.2) is 23.2 Å². The number of nitrogens with zero attached hydrogens (tertiary/aromatic N) is 4. The van der Waals surface area contributed by atoms with Crippen LogP contribution in [0.15, 0.2) is 35.5 Å². The molecule has 2 aliphatic rings. The monoisotopic (exact) mass is 529 g/mol. The van der Waals surface area contributed by atoms with Gasteiger partial charge in [-0.05, 0) is 44.4 Å². The van der Waals surface area contributed by atoms with E-state index in [9.17, 15) is 0 Å². The van der Waals surface area contributed by atoms with Gasteiger partial charge in [0.2, 0.25) is 5.13 Å². The zero-order chi connectivity index (χ0) is 24.8. The molecule has 1 saturated heterocycles. The van der Waals surface area contributed by atoms with E-state index in [0.717, 1.165) is 55.1 Å². The Morgan fingerprint density at radius 3 is 2.94 bits per heavy atom. The molecule has 1 atom stereocenters. The first-order valence-electron chi connectivity index (χ1n) is 12.3.